The van der Waals surface area contributed by atoms with Crippen LogP contribution in [-0.4, -0.2) is 43.3 Å². The maximum absolute atomic E-state index is 12.5. The molecule has 52 heavy (non-hydrogen) atoms. The summed E-state index contributed by atoms with van der Waals surface area (Å²) >= 11 is 0. The van der Waals surface area contributed by atoms with Gasteiger partial charge in [-0.15, -0.1) is 0 Å². The van der Waals surface area contributed by atoms with Gasteiger partial charge in [0.05, 0.1) is 19.5 Å². The number of hydrogen-bond acceptors (Lipinski definition) is 7. The van der Waals surface area contributed by atoms with Gasteiger partial charge in [-0.2, -0.15) is 0 Å². The van der Waals surface area contributed by atoms with E-state index in [0.717, 1.165) is 32.1 Å². The van der Waals surface area contributed by atoms with Gasteiger partial charge in [-0.05, 0) is 51.0 Å². The molecule has 0 aliphatic heterocycles. The lowest BCUT2D eigenvalue weighted by molar-refractivity contribution is -0.153. The first-order chi connectivity index (χ1) is 25.4. The molecule has 9 heteroatoms. The number of carbonyl (C=O) groups excluding carboxylic acids is 1. The van der Waals surface area contributed by atoms with Gasteiger partial charge in [0.1, 0.15) is 6.61 Å². The van der Waals surface area contributed by atoms with Gasteiger partial charge in [0.25, 0.3) is 0 Å². The zero-order chi connectivity index (χ0) is 38.1. The lowest BCUT2D eigenvalue weighted by Gasteiger charge is -2.19. The molecule has 1 unspecified atom stereocenters. The van der Waals surface area contributed by atoms with E-state index in [2.05, 4.69) is 26.0 Å². The smallest absolute Gasteiger partial charge is 0.472 e. The molecule has 0 amide bonds. The highest BCUT2D eigenvalue weighted by molar-refractivity contribution is 7.47. The number of hydrogen-bond donors (Lipinski definition) is 2. The predicted octanol–water partition coefficient (Wildman–Crippen LogP) is 13.2. The molecule has 8 nitrogen and oxygen atoms in total. The molecule has 0 rings (SSSR count). The van der Waals surface area contributed by atoms with Gasteiger partial charge in [-0.25, -0.2) is 4.57 Å². The summed E-state index contributed by atoms with van der Waals surface area (Å²) in [5.41, 5.74) is 5.36. The van der Waals surface area contributed by atoms with Crippen LogP contribution in [0.3, 0.4) is 0 Å². The molecule has 0 heterocycles. The van der Waals surface area contributed by atoms with E-state index in [0.29, 0.717) is 6.42 Å². The van der Waals surface area contributed by atoms with Crippen molar-refractivity contribution in [2.45, 2.75) is 219 Å². The first-order valence-electron chi connectivity index (χ1n) is 21.9. The van der Waals surface area contributed by atoms with Crippen LogP contribution in [0.5, 0.6) is 0 Å². The Kier molecular flexibility index (Phi) is 40.1. The fraction of sp³-hybridized carbons (Fsp3) is 0.884. The lowest BCUT2D eigenvalue weighted by Crippen LogP contribution is -2.27. The van der Waals surface area contributed by atoms with Gasteiger partial charge in [0, 0.05) is 13.0 Å². The number of nitrogens with two attached hydrogens (primary N) is 1. The Labute approximate surface area is 321 Å². The molecule has 0 bridgehead atoms. The Bertz CT molecular complexity index is 853. The highest BCUT2D eigenvalue weighted by Crippen LogP contribution is 2.43. The maximum atomic E-state index is 12.5. The van der Waals surface area contributed by atoms with Gasteiger partial charge in [0.2, 0.25) is 0 Å². The predicted molar refractivity (Wildman–Crippen MR) is 219 cm³/mol. The first-order valence-corrected chi connectivity index (χ1v) is 23.4. The third-order valence-electron chi connectivity index (χ3n) is 9.44. The zero-order valence-electron chi connectivity index (χ0n) is 34.1. The van der Waals surface area contributed by atoms with E-state index in [4.69, 9.17) is 24.3 Å². The second-order valence-corrected chi connectivity index (χ2v) is 16.1. The van der Waals surface area contributed by atoms with E-state index in [1.807, 2.05) is 6.08 Å². The van der Waals surface area contributed by atoms with Crippen LogP contribution in [0.4, 0.5) is 0 Å². The number of ether oxygens (including phenoxy) is 2. The van der Waals surface area contributed by atoms with Crippen LogP contribution in [0.15, 0.2) is 24.5 Å². The van der Waals surface area contributed by atoms with Crippen LogP contribution in [-0.2, 0) is 27.9 Å². The largest absolute Gasteiger partial charge is 0.498 e. The molecule has 0 saturated heterocycles. The molecular weight excluding hydrogens is 673 g/mol. The molecule has 0 radical (unpaired) electrons. The van der Waals surface area contributed by atoms with Gasteiger partial charge in [0.15, 0.2) is 6.10 Å². The Balaban J connectivity index is 4.07. The summed E-state index contributed by atoms with van der Waals surface area (Å²) in [5, 5.41) is 0. The van der Waals surface area contributed by atoms with Gasteiger partial charge >= 0.3 is 13.8 Å². The average molecular weight is 758 g/mol. The first kappa shape index (κ1) is 50.8. The van der Waals surface area contributed by atoms with Gasteiger partial charge in [-0.3, -0.25) is 13.8 Å². The van der Waals surface area contributed by atoms with Gasteiger partial charge in [-0.1, -0.05) is 174 Å². The van der Waals surface area contributed by atoms with E-state index >= 15 is 0 Å². The molecule has 0 spiro atoms. The van der Waals surface area contributed by atoms with E-state index in [1.165, 1.54) is 154 Å². The Morgan fingerprint density at radius 1 is 0.577 bits per heavy atom. The summed E-state index contributed by atoms with van der Waals surface area (Å²) in [4.78, 5) is 22.4. The summed E-state index contributed by atoms with van der Waals surface area (Å²) in [5.74, 6) is -0.372. The third-order valence-corrected chi connectivity index (χ3v) is 10.4. The summed E-state index contributed by atoms with van der Waals surface area (Å²) in [6, 6.07) is 0. The van der Waals surface area contributed by atoms with Crippen LogP contribution >= 0.6 is 7.82 Å². The summed E-state index contributed by atoms with van der Waals surface area (Å²) in [6.07, 6.45) is 45.8. The van der Waals surface area contributed by atoms with Crippen molar-refractivity contribution in [1.82, 2.24) is 0 Å². The Morgan fingerprint density at radius 2 is 0.981 bits per heavy atom. The quantitative estimate of drug-likeness (QED) is 0.0208. The number of phosphoric acid groups is 1. The second-order valence-electron chi connectivity index (χ2n) is 14.6. The summed E-state index contributed by atoms with van der Waals surface area (Å²) in [7, 11) is -4.29. The van der Waals surface area contributed by atoms with Crippen molar-refractivity contribution in [3.8, 4) is 0 Å². The molecule has 2 atom stereocenters. The zero-order valence-corrected chi connectivity index (χ0v) is 35.0. The highest BCUT2D eigenvalue weighted by atomic mass is 31.2. The Morgan fingerprint density at radius 3 is 1.42 bits per heavy atom. The number of carbonyl (C=O) groups is 1. The molecular formula is C43H84NO7P. The van der Waals surface area contributed by atoms with E-state index in [9.17, 15) is 14.3 Å². The molecule has 0 saturated carbocycles. The van der Waals surface area contributed by atoms with Crippen molar-refractivity contribution >= 4 is 13.8 Å². The van der Waals surface area contributed by atoms with E-state index < -0.39 is 13.9 Å². The molecule has 0 aromatic heterocycles. The van der Waals surface area contributed by atoms with Crippen molar-refractivity contribution in [2.75, 3.05) is 26.4 Å². The van der Waals surface area contributed by atoms with Gasteiger partial charge < -0.3 is 20.1 Å². The average Bonchev–Trinajstić information content (AvgIpc) is 3.13. The number of unbranched alkanes of at least 4 members (excludes halogenated alkanes) is 27. The van der Waals surface area contributed by atoms with Crippen molar-refractivity contribution in [2.24, 2.45) is 5.73 Å². The summed E-state index contributed by atoms with van der Waals surface area (Å²) < 4.78 is 33.2. The minimum atomic E-state index is -4.29. The Hall–Kier alpha value is -1.18. The number of rotatable bonds is 42. The number of phosphoric ester groups is 1. The standard InChI is InChI=1S/C43H84NO7P/c1-3-5-7-9-11-13-15-17-19-20-21-23-25-27-29-31-33-35-38-48-40-42(41-50-52(46,47)49-39-37-44)51-43(45)36-34-32-30-28-26-24-22-18-16-14-12-10-8-6-4-2/h26,28,35,38,42H,3-25,27,29-34,36-37,39-41,44H2,1-2H3,(H,46,47)/b28-26+,38-35+/t42-/m1/s1. The van der Waals surface area contributed by atoms with Crippen molar-refractivity contribution in [3.63, 3.8) is 0 Å². The minimum Gasteiger partial charge on any atom is -0.498 e. The fourth-order valence-electron chi connectivity index (χ4n) is 6.19. The van der Waals surface area contributed by atoms with Crippen LogP contribution < -0.4 is 5.73 Å². The SMILES string of the molecule is CCCCCCCCCCC/C=C/CCCCC(=O)O[C@H](CO/C=C/CCCCCCCCCCCCCCCCCC)COP(=O)(O)OCCN. The van der Waals surface area contributed by atoms with Crippen molar-refractivity contribution in [3.05, 3.63) is 24.5 Å². The molecule has 0 aliphatic carbocycles. The molecule has 0 aromatic rings. The van der Waals surface area contributed by atoms with Crippen LogP contribution in [0.2, 0.25) is 0 Å². The van der Waals surface area contributed by atoms with E-state index in [1.54, 1.807) is 6.26 Å². The van der Waals surface area contributed by atoms with Crippen LogP contribution in [0.25, 0.3) is 0 Å². The molecule has 0 fully saturated rings. The van der Waals surface area contributed by atoms with E-state index in [-0.39, 0.29) is 38.8 Å². The van der Waals surface area contributed by atoms with Crippen LogP contribution in [0.1, 0.15) is 213 Å². The molecule has 0 aliphatic rings. The highest BCUT2D eigenvalue weighted by Gasteiger charge is 2.25. The number of esters is 1. The molecule has 308 valence electrons. The van der Waals surface area contributed by atoms with Crippen molar-refractivity contribution in [1.29, 1.82) is 0 Å². The fourth-order valence-corrected chi connectivity index (χ4v) is 6.96. The topological polar surface area (TPSA) is 117 Å². The second kappa shape index (κ2) is 41.0. The minimum absolute atomic E-state index is 0.0275. The normalized spacial score (nSPS) is 13.6. The summed E-state index contributed by atoms with van der Waals surface area (Å²) in [6.45, 7) is 4.24. The molecule has 3 N–H and O–H groups in total. The monoisotopic (exact) mass is 758 g/mol. The lowest BCUT2D eigenvalue weighted by atomic mass is 10.0. The third kappa shape index (κ3) is 40.0. The number of allylic oxidation sites excluding steroid dienone is 3. The van der Waals surface area contributed by atoms with Crippen LogP contribution in [0, 0.1) is 0 Å². The molecule has 0 aromatic carbocycles. The maximum Gasteiger partial charge on any atom is 0.472 e. The van der Waals surface area contributed by atoms with Crippen molar-refractivity contribution < 1.29 is 32.8 Å².